The molecule has 168 valence electrons. The van der Waals surface area contributed by atoms with Crippen LogP contribution < -0.4 is 10.2 Å². The highest BCUT2D eigenvalue weighted by molar-refractivity contribution is 5.92. The smallest absolute Gasteiger partial charge is 0.338 e. The number of carbonyl (C=O) groups is 2. The number of ether oxygens (including phenoxy) is 2. The number of nitrogens with one attached hydrogen (secondary N) is 1. The van der Waals surface area contributed by atoms with Gasteiger partial charge in [0.2, 0.25) is 0 Å². The van der Waals surface area contributed by atoms with Gasteiger partial charge >= 0.3 is 11.9 Å². The van der Waals surface area contributed by atoms with Crippen LogP contribution in [0.4, 0.5) is 10.1 Å². The summed E-state index contributed by atoms with van der Waals surface area (Å²) in [6, 6.07) is 3.24. The topological polar surface area (TPSA) is 67.9 Å². The van der Waals surface area contributed by atoms with Crippen molar-refractivity contribution in [2.24, 2.45) is 0 Å². The second-order valence-corrected chi connectivity index (χ2v) is 8.85. The quantitative estimate of drug-likeness (QED) is 0.670. The third kappa shape index (κ3) is 6.42. The van der Waals surface area contributed by atoms with E-state index in [0.29, 0.717) is 6.54 Å². The van der Waals surface area contributed by atoms with Crippen molar-refractivity contribution < 1.29 is 23.5 Å². The summed E-state index contributed by atoms with van der Waals surface area (Å²) in [6.07, 6.45) is 3.68. The number of hydrogen-bond donors (Lipinski definition) is 1. The first-order chi connectivity index (χ1) is 14.1. The summed E-state index contributed by atoms with van der Waals surface area (Å²) in [6.45, 7) is 10.4. The standard InChI is InChI=1S/C23H35FN2O4/c1-7-26(20-13-16(24)12-19(15(20)2)22(28)29-6)18-10-8-17(9-11-18)25-14-21(27)30-23(3,4)5/h12-13,17-18,25H,7-11,14H2,1-6H3. The molecule has 1 aromatic carbocycles. The van der Waals surface area contributed by atoms with Gasteiger partial charge in [-0.15, -0.1) is 0 Å². The number of carbonyl (C=O) groups excluding carboxylic acids is 2. The monoisotopic (exact) mass is 422 g/mol. The minimum Gasteiger partial charge on any atom is -0.465 e. The van der Waals surface area contributed by atoms with Crippen molar-refractivity contribution in [2.75, 3.05) is 25.1 Å². The molecule has 1 aliphatic rings. The first kappa shape index (κ1) is 24.1. The van der Waals surface area contributed by atoms with E-state index in [9.17, 15) is 14.0 Å². The predicted molar refractivity (Wildman–Crippen MR) is 115 cm³/mol. The van der Waals surface area contributed by atoms with Crippen molar-refractivity contribution in [1.29, 1.82) is 0 Å². The highest BCUT2D eigenvalue weighted by Gasteiger charge is 2.28. The van der Waals surface area contributed by atoms with Gasteiger partial charge in [0, 0.05) is 24.3 Å². The van der Waals surface area contributed by atoms with E-state index in [0.717, 1.165) is 36.9 Å². The Hall–Kier alpha value is -2.15. The molecule has 0 saturated heterocycles. The SMILES string of the molecule is CCN(c1cc(F)cc(C(=O)OC)c1C)C1CCC(NCC(=O)OC(C)(C)C)CC1. The molecule has 0 heterocycles. The van der Waals surface area contributed by atoms with Crippen LogP contribution in [0.15, 0.2) is 12.1 Å². The van der Waals surface area contributed by atoms with E-state index in [-0.39, 0.29) is 30.2 Å². The predicted octanol–water partition coefficient (Wildman–Crippen LogP) is 3.99. The van der Waals surface area contributed by atoms with Gasteiger partial charge in [-0.1, -0.05) is 0 Å². The van der Waals surface area contributed by atoms with Crippen LogP contribution in [0.3, 0.4) is 0 Å². The Morgan fingerprint density at radius 1 is 1.20 bits per heavy atom. The number of rotatable bonds is 7. The molecule has 1 fully saturated rings. The second-order valence-electron chi connectivity index (χ2n) is 8.85. The summed E-state index contributed by atoms with van der Waals surface area (Å²) in [5.74, 6) is -1.22. The van der Waals surface area contributed by atoms with E-state index in [2.05, 4.69) is 10.2 Å². The van der Waals surface area contributed by atoms with Gasteiger partial charge in [-0.3, -0.25) is 4.79 Å². The van der Waals surface area contributed by atoms with E-state index in [4.69, 9.17) is 9.47 Å². The van der Waals surface area contributed by atoms with E-state index in [1.807, 2.05) is 34.6 Å². The summed E-state index contributed by atoms with van der Waals surface area (Å²) in [7, 11) is 1.30. The van der Waals surface area contributed by atoms with Gasteiger partial charge in [0.1, 0.15) is 11.4 Å². The number of benzene rings is 1. The summed E-state index contributed by atoms with van der Waals surface area (Å²) >= 11 is 0. The maximum Gasteiger partial charge on any atom is 0.338 e. The van der Waals surface area contributed by atoms with Gasteiger partial charge in [-0.2, -0.15) is 0 Å². The molecule has 30 heavy (non-hydrogen) atoms. The molecule has 1 N–H and O–H groups in total. The zero-order chi connectivity index (χ0) is 22.5. The lowest BCUT2D eigenvalue weighted by Crippen LogP contribution is -2.44. The Morgan fingerprint density at radius 2 is 1.83 bits per heavy atom. The fourth-order valence-corrected chi connectivity index (χ4v) is 4.11. The maximum atomic E-state index is 14.2. The lowest BCUT2D eigenvalue weighted by Gasteiger charge is -2.39. The Balaban J connectivity index is 2.01. The maximum absolute atomic E-state index is 14.2. The molecule has 0 bridgehead atoms. The number of nitrogens with zero attached hydrogens (tertiary/aromatic N) is 1. The highest BCUT2D eigenvalue weighted by Crippen LogP contribution is 2.32. The highest BCUT2D eigenvalue weighted by atomic mass is 19.1. The second kappa shape index (κ2) is 10.2. The van der Waals surface area contributed by atoms with Crippen LogP contribution >= 0.6 is 0 Å². The zero-order valence-electron chi connectivity index (χ0n) is 19.0. The van der Waals surface area contributed by atoms with Crippen LogP contribution in [0.25, 0.3) is 0 Å². The number of halogens is 1. The van der Waals surface area contributed by atoms with Gasteiger partial charge in [-0.25, -0.2) is 9.18 Å². The molecule has 1 saturated carbocycles. The average molecular weight is 423 g/mol. The Kier molecular flexibility index (Phi) is 8.24. The molecule has 0 radical (unpaired) electrons. The Labute approximate surface area is 179 Å². The molecule has 7 heteroatoms. The Bertz CT molecular complexity index is 752. The molecule has 2 rings (SSSR count). The zero-order valence-corrected chi connectivity index (χ0v) is 19.0. The summed E-state index contributed by atoms with van der Waals surface area (Å²) in [5.41, 5.74) is 1.25. The lowest BCUT2D eigenvalue weighted by atomic mass is 9.89. The van der Waals surface area contributed by atoms with Crippen molar-refractivity contribution in [1.82, 2.24) is 5.32 Å². The van der Waals surface area contributed by atoms with Crippen LogP contribution in [0.2, 0.25) is 0 Å². The van der Waals surface area contributed by atoms with Crippen LogP contribution in [-0.4, -0.2) is 49.8 Å². The molecule has 1 aliphatic carbocycles. The van der Waals surface area contributed by atoms with E-state index in [1.165, 1.54) is 19.2 Å². The van der Waals surface area contributed by atoms with Crippen molar-refractivity contribution in [3.63, 3.8) is 0 Å². The fourth-order valence-electron chi connectivity index (χ4n) is 4.11. The van der Waals surface area contributed by atoms with Crippen LogP contribution in [0.5, 0.6) is 0 Å². The molecule has 0 amide bonds. The van der Waals surface area contributed by atoms with Crippen molar-refractivity contribution in [2.45, 2.75) is 78.0 Å². The molecule has 6 nitrogen and oxygen atoms in total. The van der Waals surface area contributed by atoms with Crippen LogP contribution in [0.1, 0.15) is 69.3 Å². The van der Waals surface area contributed by atoms with Gasteiger partial charge in [0.05, 0.1) is 19.2 Å². The summed E-state index contributed by atoms with van der Waals surface area (Å²) in [5, 5.41) is 3.30. The van der Waals surface area contributed by atoms with Crippen LogP contribution in [-0.2, 0) is 14.3 Å². The minimum absolute atomic E-state index is 0.204. The molecular formula is C23H35FN2O4. The first-order valence-electron chi connectivity index (χ1n) is 10.7. The first-order valence-corrected chi connectivity index (χ1v) is 10.7. The molecule has 0 spiro atoms. The van der Waals surface area contributed by atoms with Gasteiger partial charge in [0.25, 0.3) is 0 Å². The van der Waals surface area contributed by atoms with Gasteiger partial charge < -0.3 is 19.7 Å². The average Bonchev–Trinajstić information content (AvgIpc) is 2.68. The summed E-state index contributed by atoms with van der Waals surface area (Å²) < 4.78 is 24.4. The molecule has 0 unspecified atom stereocenters. The Morgan fingerprint density at radius 3 is 2.37 bits per heavy atom. The van der Waals surface area contributed by atoms with E-state index < -0.39 is 17.4 Å². The van der Waals surface area contributed by atoms with E-state index in [1.54, 1.807) is 0 Å². The van der Waals surface area contributed by atoms with E-state index >= 15 is 0 Å². The summed E-state index contributed by atoms with van der Waals surface area (Å²) in [4.78, 5) is 26.1. The molecule has 0 aromatic heterocycles. The van der Waals surface area contributed by atoms with Crippen molar-refractivity contribution in [3.05, 3.63) is 29.1 Å². The lowest BCUT2D eigenvalue weighted by molar-refractivity contribution is -0.153. The fraction of sp³-hybridized carbons (Fsp3) is 0.652. The molecular weight excluding hydrogens is 387 g/mol. The largest absolute Gasteiger partial charge is 0.465 e. The number of anilines is 1. The van der Waals surface area contributed by atoms with Crippen molar-refractivity contribution >= 4 is 17.6 Å². The molecule has 1 aromatic rings. The third-order valence-electron chi connectivity index (χ3n) is 5.49. The number of methoxy groups -OCH3 is 1. The normalized spacial score (nSPS) is 19.3. The third-order valence-corrected chi connectivity index (χ3v) is 5.49. The number of hydrogen-bond acceptors (Lipinski definition) is 6. The molecule has 0 aliphatic heterocycles. The minimum atomic E-state index is -0.528. The number of esters is 2. The van der Waals surface area contributed by atoms with Crippen LogP contribution in [0, 0.1) is 12.7 Å². The van der Waals surface area contributed by atoms with Gasteiger partial charge in [0.15, 0.2) is 0 Å². The van der Waals surface area contributed by atoms with Gasteiger partial charge in [-0.05, 0) is 78.0 Å². The van der Waals surface area contributed by atoms with Crippen molar-refractivity contribution in [3.8, 4) is 0 Å². The molecule has 0 atom stereocenters.